The molecule has 2 saturated heterocycles. The zero-order valence-electron chi connectivity index (χ0n) is 40.2. The Morgan fingerprint density at radius 1 is 0.350 bits per heavy atom. The fourth-order valence-electron chi connectivity index (χ4n) is 7.71. The summed E-state index contributed by atoms with van der Waals surface area (Å²) < 4.78 is 10.8. The molecule has 1 aromatic rings. The topological polar surface area (TPSA) is 18.5 Å². The average Bonchev–Trinajstić information content (AvgIpc) is 3.18. The van der Waals surface area contributed by atoms with E-state index in [1.807, 2.05) is 0 Å². The maximum Gasteiger partial charge on any atom is 0.0547 e. The first-order valence-corrected chi connectivity index (χ1v) is 24.1. The van der Waals surface area contributed by atoms with E-state index in [4.69, 9.17) is 9.47 Å². The van der Waals surface area contributed by atoms with Crippen molar-refractivity contribution in [3.05, 3.63) is 58.7 Å². The molecule has 1 aromatic carbocycles. The maximum atomic E-state index is 5.39. The summed E-state index contributed by atoms with van der Waals surface area (Å²) >= 11 is 0. The normalized spacial score (nSPS) is 30.4. The first-order chi connectivity index (χ1) is 26.5. The van der Waals surface area contributed by atoms with Crippen molar-refractivity contribution >= 4 is 0 Å². The minimum absolute atomic E-state index is 0. The summed E-state index contributed by atoms with van der Waals surface area (Å²) in [4.78, 5) is 0. The Hall–Kier alpha value is -1.38. The highest BCUT2D eigenvalue weighted by atomic mass is 16.5. The van der Waals surface area contributed by atoms with E-state index in [0.717, 1.165) is 60.6 Å². The van der Waals surface area contributed by atoms with Gasteiger partial charge in [0.25, 0.3) is 0 Å². The van der Waals surface area contributed by atoms with Gasteiger partial charge in [0.05, 0.1) is 12.2 Å². The zero-order chi connectivity index (χ0) is 41.9. The summed E-state index contributed by atoms with van der Waals surface area (Å²) in [6.45, 7) is 33.5. The summed E-state index contributed by atoms with van der Waals surface area (Å²) in [5, 5.41) is 0. The summed E-state index contributed by atoms with van der Waals surface area (Å²) in [5.74, 6) is 7.56. The van der Waals surface area contributed by atoms with Crippen LogP contribution in [0.25, 0.3) is 0 Å². The smallest absolute Gasteiger partial charge is 0.0547 e. The van der Waals surface area contributed by atoms with Crippen molar-refractivity contribution in [1.29, 1.82) is 0 Å². The Balaban J connectivity index is -0.000000197. The number of hydrogen-bond donors (Lipinski definition) is 0. The molecule has 4 fully saturated rings. The molecule has 6 atom stereocenters. The Morgan fingerprint density at radius 3 is 0.767 bits per heavy atom. The number of allylic oxidation sites excluding steroid dienone is 4. The molecule has 360 valence electrons. The Kier molecular flexibility index (Phi) is 42.7. The van der Waals surface area contributed by atoms with Gasteiger partial charge in [-0.15, -0.1) is 0 Å². The fraction of sp³-hybridized carbons (Fsp3) is 0.828. The molecule has 0 N–H and O–H groups in total. The predicted octanol–water partition coefficient (Wildman–Crippen LogP) is 19.9. The van der Waals surface area contributed by atoms with Gasteiger partial charge in [0.2, 0.25) is 0 Å². The predicted molar refractivity (Wildman–Crippen MR) is 280 cm³/mol. The lowest BCUT2D eigenvalue weighted by molar-refractivity contribution is 0.000174. The standard InChI is InChI=1S/2C8H16.2C8H14.C8H10.2C7H14O.4CH4.H2/c5*1-7-3-5-8(2)6-4-7;2*1-6-3-4-7(2)8-5-6;;;;;/h2*7-8H,3-6H2,1-2H3;2*3,8H,4-6H2,1-2H3;3-6H,1-2H3;2*6-7H,3-5H2,1-2H3;4*1H4;1H. The molecule has 2 nitrogen and oxygen atoms in total. The van der Waals surface area contributed by atoms with Crippen LogP contribution in [0, 0.1) is 61.2 Å². The van der Waals surface area contributed by atoms with E-state index >= 15 is 0 Å². The number of rotatable bonds is 0. The minimum Gasteiger partial charge on any atom is -0.378 e. The molecule has 6 unspecified atom stereocenters. The highest BCUT2D eigenvalue weighted by Gasteiger charge is 2.15. The number of ether oxygens (including phenoxy) is 2. The van der Waals surface area contributed by atoms with Gasteiger partial charge in [-0.1, -0.05) is 195 Å². The molecule has 2 heteroatoms. The highest BCUT2D eigenvalue weighted by molar-refractivity contribution is 5.19. The second-order valence-corrected chi connectivity index (χ2v) is 20.4. The van der Waals surface area contributed by atoms with Crippen LogP contribution in [-0.2, 0) is 9.47 Å². The van der Waals surface area contributed by atoms with Gasteiger partial charge in [-0.25, -0.2) is 0 Å². The van der Waals surface area contributed by atoms with Crippen molar-refractivity contribution in [3.8, 4) is 0 Å². The van der Waals surface area contributed by atoms with E-state index in [0.29, 0.717) is 12.2 Å². The van der Waals surface area contributed by atoms with Crippen LogP contribution < -0.4 is 0 Å². The first-order valence-electron chi connectivity index (χ1n) is 24.1. The first kappa shape index (κ1) is 65.2. The van der Waals surface area contributed by atoms with E-state index in [-0.39, 0.29) is 31.1 Å². The van der Waals surface area contributed by atoms with Crippen molar-refractivity contribution < 1.29 is 10.9 Å². The minimum atomic E-state index is 0. The molecule has 6 aliphatic rings. The third-order valence-electron chi connectivity index (χ3n) is 13.1. The molecule has 0 aromatic heterocycles. The molecule has 0 bridgehead atoms. The van der Waals surface area contributed by atoms with Gasteiger partial charge in [0.15, 0.2) is 0 Å². The lowest BCUT2D eigenvalue weighted by Crippen LogP contribution is -2.21. The largest absolute Gasteiger partial charge is 0.378 e. The van der Waals surface area contributed by atoms with Gasteiger partial charge in [0.1, 0.15) is 0 Å². The second kappa shape index (κ2) is 39.2. The van der Waals surface area contributed by atoms with Crippen LogP contribution in [0.5, 0.6) is 0 Å². The van der Waals surface area contributed by atoms with Crippen molar-refractivity contribution in [1.82, 2.24) is 0 Å². The van der Waals surface area contributed by atoms with E-state index in [9.17, 15) is 0 Å². The number of hydrogen-bond acceptors (Lipinski definition) is 2. The molecule has 0 radical (unpaired) electrons. The Bertz CT molecular complexity index is 938. The zero-order valence-corrected chi connectivity index (χ0v) is 40.2. The summed E-state index contributed by atoms with van der Waals surface area (Å²) in [5.41, 5.74) is 5.83. The fourth-order valence-corrected chi connectivity index (χ4v) is 7.71. The van der Waals surface area contributed by atoms with Gasteiger partial charge >= 0.3 is 0 Å². The number of aryl methyl sites for hydroxylation is 2. The number of benzene rings is 1. The maximum absolute atomic E-state index is 5.39. The molecule has 7 rings (SSSR count). The van der Waals surface area contributed by atoms with Gasteiger partial charge in [-0.2, -0.15) is 0 Å². The van der Waals surface area contributed by atoms with E-state index < -0.39 is 0 Å². The molecule has 0 amide bonds. The van der Waals surface area contributed by atoms with Crippen LogP contribution in [0.4, 0.5) is 0 Å². The Morgan fingerprint density at radius 2 is 0.600 bits per heavy atom. The van der Waals surface area contributed by atoms with Crippen LogP contribution in [0.2, 0.25) is 0 Å². The van der Waals surface area contributed by atoms with Gasteiger partial charge in [-0.3, -0.25) is 0 Å². The summed E-state index contributed by atoms with van der Waals surface area (Å²) in [6.07, 6.45) is 30.9. The molecule has 0 spiro atoms. The molecule has 2 aliphatic heterocycles. The average molecular weight is 846 g/mol. The lowest BCUT2D eigenvalue weighted by Gasteiger charge is -2.23. The van der Waals surface area contributed by atoms with Crippen LogP contribution in [0.15, 0.2) is 47.6 Å². The van der Waals surface area contributed by atoms with E-state index in [1.165, 1.54) is 127 Å². The second-order valence-electron chi connectivity index (χ2n) is 20.4. The molecule has 2 saturated carbocycles. The van der Waals surface area contributed by atoms with Crippen molar-refractivity contribution in [2.75, 3.05) is 13.2 Å². The van der Waals surface area contributed by atoms with Crippen LogP contribution in [-0.4, -0.2) is 25.4 Å². The highest BCUT2D eigenvalue weighted by Crippen LogP contribution is 2.28. The van der Waals surface area contributed by atoms with Gasteiger partial charge < -0.3 is 9.47 Å². The van der Waals surface area contributed by atoms with Crippen molar-refractivity contribution in [3.63, 3.8) is 0 Å². The molecule has 60 heavy (non-hydrogen) atoms. The Labute approximate surface area is 383 Å². The molecule has 4 aliphatic carbocycles. The third kappa shape index (κ3) is 37.2. The molecular formula is C58H116O2. The monoisotopic (exact) mass is 845 g/mol. The third-order valence-corrected chi connectivity index (χ3v) is 13.1. The van der Waals surface area contributed by atoms with Crippen molar-refractivity contribution in [2.45, 2.75) is 254 Å². The van der Waals surface area contributed by atoms with E-state index in [1.54, 1.807) is 11.1 Å². The lowest BCUT2D eigenvalue weighted by atomic mass is 9.84. The SMILES string of the molecule is C.C.C.C.CC1=CCC(C)CC1.CC1=CCC(C)CC1.CC1CCC(C)CC1.CC1CCC(C)CC1.CC1CCC(C)OC1.CC1CCC(C)OC1.Cc1ccc(C)cc1.[HH]. The summed E-state index contributed by atoms with van der Waals surface area (Å²) in [6, 6.07) is 8.48. The van der Waals surface area contributed by atoms with E-state index in [2.05, 4.69) is 133 Å². The van der Waals surface area contributed by atoms with Crippen LogP contribution in [0.1, 0.15) is 241 Å². The quantitative estimate of drug-likeness (QED) is 0.242. The summed E-state index contributed by atoms with van der Waals surface area (Å²) in [7, 11) is 0. The van der Waals surface area contributed by atoms with Crippen LogP contribution >= 0.6 is 0 Å². The van der Waals surface area contributed by atoms with Gasteiger partial charge in [0, 0.05) is 14.6 Å². The molecule has 2 heterocycles. The van der Waals surface area contributed by atoms with Gasteiger partial charge in [-0.05, 0) is 153 Å². The van der Waals surface area contributed by atoms with Crippen molar-refractivity contribution in [2.24, 2.45) is 47.3 Å². The molecular weight excluding hydrogens is 729 g/mol. The van der Waals surface area contributed by atoms with Crippen LogP contribution in [0.3, 0.4) is 0 Å².